The van der Waals surface area contributed by atoms with Gasteiger partial charge < -0.3 is 4.90 Å². The smallest absolute Gasteiger partial charge is 0.240 e. The third kappa shape index (κ3) is 5.63. The van der Waals surface area contributed by atoms with Gasteiger partial charge in [0, 0.05) is 63.6 Å². The molecule has 1 fully saturated rings. The highest BCUT2D eigenvalue weighted by Gasteiger charge is 2.30. The Morgan fingerprint density at radius 3 is 2.60 bits per heavy atom. The molecular formula is C28H38N6O. The summed E-state index contributed by atoms with van der Waals surface area (Å²) in [5.41, 5.74) is 7.90. The number of hydrogen-bond acceptors (Lipinski definition) is 5. The van der Waals surface area contributed by atoms with Crippen LogP contribution in [-0.4, -0.2) is 88.6 Å². The van der Waals surface area contributed by atoms with Gasteiger partial charge in [-0.3, -0.25) is 14.6 Å². The van der Waals surface area contributed by atoms with Gasteiger partial charge in [0.25, 0.3) is 0 Å². The molecule has 0 bridgehead atoms. The summed E-state index contributed by atoms with van der Waals surface area (Å²) in [4.78, 5) is 23.5. The average Bonchev–Trinajstić information content (AvgIpc) is 3.18. The molecule has 1 atom stereocenters. The molecule has 3 aromatic rings. The number of carbonyl (C=O) groups is 1. The molecular weight excluding hydrogens is 436 g/mol. The van der Waals surface area contributed by atoms with Crippen LogP contribution in [0.15, 0.2) is 36.4 Å². The highest BCUT2D eigenvalue weighted by Crippen LogP contribution is 2.21. The Labute approximate surface area is 209 Å². The second-order valence-corrected chi connectivity index (χ2v) is 9.86. The number of aryl methyl sites for hydroxylation is 3. The summed E-state index contributed by atoms with van der Waals surface area (Å²) in [6.07, 6.45) is 6.10. The van der Waals surface area contributed by atoms with E-state index < -0.39 is 0 Å². The molecule has 0 spiro atoms. The Morgan fingerprint density at radius 2 is 1.91 bits per heavy atom. The van der Waals surface area contributed by atoms with Crippen molar-refractivity contribution in [2.24, 2.45) is 0 Å². The van der Waals surface area contributed by atoms with Crippen LogP contribution >= 0.6 is 0 Å². The fourth-order valence-corrected chi connectivity index (χ4v) is 4.82. The highest BCUT2D eigenvalue weighted by molar-refractivity contribution is 5.81. The molecule has 35 heavy (non-hydrogen) atoms. The molecule has 1 aromatic carbocycles. The van der Waals surface area contributed by atoms with Crippen molar-refractivity contribution in [3.05, 3.63) is 70.2 Å². The Hall–Kier alpha value is -3.03. The van der Waals surface area contributed by atoms with Gasteiger partial charge in [0.1, 0.15) is 6.04 Å². The predicted molar refractivity (Wildman–Crippen MR) is 142 cm³/mol. The molecule has 0 unspecified atom stereocenters. The van der Waals surface area contributed by atoms with Crippen molar-refractivity contribution in [2.75, 3.05) is 47.3 Å². The molecule has 1 saturated heterocycles. The molecule has 7 heteroatoms. The largest absolute Gasteiger partial charge is 0.347 e. The van der Waals surface area contributed by atoms with Gasteiger partial charge in [0.15, 0.2) is 5.65 Å². The Kier molecular flexibility index (Phi) is 7.67. The summed E-state index contributed by atoms with van der Waals surface area (Å²) in [6, 6.07) is 10.8. The molecule has 0 N–H and O–H groups in total. The van der Waals surface area contributed by atoms with Gasteiger partial charge in [-0.2, -0.15) is 5.10 Å². The molecule has 3 heterocycles. The lowest BCUT2D eigenvalue weighted by Gasteiger charge is -2.39. The summed E-state index contributed by atoms with van der Waals surface area (Å²) in [5, 5.41) is 4.81. The number of carbonyl (C=O) groups excluding carboxylic acids is 1. The van der Waals surface area contributed by atoms with Gasteiger partial charge in [0.2, 0.25) is 5.91 Å². The number of amides is 1. The molecule has 0 aliphatic carbocycles. The first kappa shape index (κ1) is 25.1. The summed E-state index contributed by atoms with van der Waals surface area (Å²) < 4.78 is 1.98. The molecule has 0 radical (unpaired) electrons. The minimum Gasteiger partial charge on any atom is -0.347 e. The first-order chi connectivity index (χ1) is 16.8. The maximum atomic E-state index is 12.5. The molecule has 2 aromatic heterocycles. The van der Waals surface area contributed by atoms with Crippen molar-refractivity contribution in [1.29, 1.82) is 0 Å². The van der Waals surface area contributed by atoms with Crippen molar-refractivity contribution >= 4 is 17.6 Å². The molecule has 7 nitrogen and oxygen atoms in total. The van der Waals surface area contributed by atoms with Crippen molar-refractivity contribution in [2.45, 2.75) is 39.7 Å². The van der Waals surface area contributed by atoms with Crippen molar-refractivity contribution in [3.63, 3.8) is 0 Å². The fraction of sp³-hybridized carbons (Fsp3) is 0.464. The van der Waals surface area contributed by atoms with E-state index in [-0.39, 0.29) is 11.9 Å². The van der Waals surface area contributed by atoms with Gasteiger partial charge in [-0.05, 0) is 44.5 Å². The first-order valence-corrected chi connectivity index (χ1v) is 12.5. The number of piperazine rings is 1. The van der Waals surface area contributed by atoms with Crippen LogP contribution in [0, 0.1) is 13.8 Å². The van der Waals surface area contributed by atoms with Crippen LogP contribution in [0.2, 0.25) is 0 Å². The quantitative estimate of drug-likeness (QED) is 0.526. The fourth-order valence-electron chi connectivity index (χ4n) is 4.82. The van der Waals surface area contributed by atoms with E-state index in [4.69, 9.17) is 10.1 Å². The third-order valence-corrected chi connectivity index (χ3v) is 6.90. The zero-order chi connectivity index (χ0) is 25.1. The van der Waals surface area contributed by atoms with Crippen LogP contribution in [0.25, 0.3) is 11.7 Å². The highest BCUT2D eigenvalue weighted by atomic mass is 16.2. The second-order valence-electron chi connectivity index (χ2n) is 9.86. The van der Waals surface area contributed by atoms with Crippen LogP contribution in [0.5, 0.6) is 0 Å². The maximum absolute atomic E-state index is 12.5. The maximum Gasteiger partial charge on any atom is 0.240 e. The lowest BCUT2D eigenvalue weighted by molar-refractivity contribution is -0.136. The van der Waals surface area contributed by atoms with Crippen molar-refractivity contribution in [3.8, 4) is 0 Å². The zero-order valence-electron chi connectivity index (χ0n) is 22.0. The average molecular weight is 475 g/mol. The number of benzene rings is 1. The number of fused-ring (bicyclic) bond motifs is 1. The summed E-state index contributed by atoms with van der Waals surface area (Å²) in [7, 11) is 5.70. The number of hydrogen-bond donors (Lipinski definition) is 0. The Bertz CT molecular complexity index is 1210. The van der Waals surface area contributed by atoms with Crippen molar-refractivity contribution < 1.29 is 4.79 Å². The molecule has 4 rings (SSSR count). The number of rotatable bonds is 7. The van der Waals surface area contributed by atoms with Gasteiger partial charge in [-0.25, -0.2) is 9.50 Å². The summed E-state index contributed by atoms with van der Waals surface area (Å²) in [6.45, 7) is 9.77. The number of aromatic nitrogens is 3. The van der Waals surface area contributed by atoms with Crippen LogP contribution < -0.4 is 0 Å². The Morgan fingerprint density at radius 1 is 1.17 bits per heavy atom. The molecule has 1 amide bonds. The third-order valence-electron chi connectivity index (χ3n) is 6.90. The van der Waals surface area contributed by atoms with E-state index in [0.29, 0.717) is 0 Å². The molecule has 1 aliphatic heterocycles. The second kappa shape index (κ2) is 10.7. The van der Waals surface area contributed by atoms with E-state index >= 15 is 0 Å². The van der Waals surface area contributed by atoms with E-state index in [0.717, 1.165) is 61.7 Å². The molecule has 0 saturated carbocycles. The van der Waals surface area contributed by atoms with Gasteiger partial charge in [0.05, 0.1) is 5.69 Å². The van der Waals surface area contributed by atoms with Crippen LogP contribution in [0.4, 0.5) is 0 Å². The van der Waals surface area contributed by atoms with E-state index in [1.165, 1.54) is 16.7 Å². The van der Waals surface area contributed by atoms with E-state index in [9.17, 15) is 4.79 Å². The van der Waals surface area contributed by atoms with E-state index in [2.05, 4.69) is 66.1 Å². The predicted octanol–water partition coefficient (Wildman–Crippen LogP) is 3.22. The minimum absolute atomic E-state index is 0.0681. The first-order valence-electron chi connectivity index (χ1n) is 12.5. The van der Waals surface area contributed by atoms with Crippen LogP contribution in [-0.2, 0) is 17.6 Å². The lowest BCUT2D eigenvalue weighted by Crippen LogP contribution is -2.57. The van der Waals surface area contributed by atoms with Crippen LogP contribution in [0.3, 0.4) is 0 Å². The van der Waals surface area contributed by atoms with Gasteiger partial charge >= 0.3 is 0 Å². The summed E-state index contributed by atoms with van der Waals surface area (Å²) in [5.74, 6) is 0.176. The normalized spacial score (nSPS) is 17.5. The summed E-state index contributed by atoms with van der Waals surface area (Å²) >= 11 is 0. The monoisotopic (exact) mass is 474 g/mol. The van der Waals surface area contributed by atoms with E-state index in [1.807, 2.05) is 32.6 Å². The zero-order valence-corrected chi connectivity index (χ0v) is 22.0. The van der Waals surface area contributed by atoms with Gasteiger partial charge in [-0.1, -0.05) is 43.3 Å². The standard InChI is InChI=1S/C28H38N6O/c1-7-25-24(27-29-20(2)17-21(3)34(27)30-25)18-23-12-10-22(11-13-23)9-8-14-33-16-15-32(6)26(19-33)28(35)31(4)5/h8-13,17,26H,7,14-16,18-19H2,1-6H3/b9-8+/t26-/m1/s1. The van der Waals surface area contributed by atoms with Crippen molar-refractivity contribution in [1.82, 2.24) is 29.3 Å². The SMILES string of the molecule is CCc1nn2c(C)cc(C)nc2c1Cc1ccc(/C=C/CN2CCN(C)[C@@H](C(=O)N(C)C)C2)cc1. The molecule has 186 valence electrons. The number of nitrogens with zero attached hydrogens (tertiary/aromatic N) is 6. The lowest BCUT2D eigenvalue weighted by atomic mass is 10.0. The molecule has 1 aliphatic rings. The Balaban J connectivity index is 1.41. The van der Waals surface area contributed by atoms with Gasteiger partial charge in [-0.15, -0.1) is 0 Å². The number of likely N-dealkylation sites (N-methyl/N-ethyl adjacent to an activating group) is 2. The van der Waals surface area contributed by atoms with Crippen LogP contribution in [0.1, 0.15) is 40.7 Å². The topological polar surface area (TPSA) is 57.0 Å². The minimum atomic E-state index is -0.0681. The van der Waals surface area contributed by atoms with E-state index in [1.54, 1.807) is 4.90 Å².